The van der Waals surface area contributed by atoms with Gasteiger partial charge in [0.25, 0.3) is 9.05 Å². The van der Waals surface area contributed by atoms with Gasteiger partial charge in [-0.25, -0.2) is 13.4 Å². The maximum atomic E-state index is 11.3. The molecule has 20 heavy (non-hydrogen) atoms. The van der Waals surface area contributed by atoms with Crippen LogP contribution in [0.15, 0.2) is 59.6 Å². The number of rotatable bonds is 2. The monoisotopic (exact) mass is 304 g/mol. The molecule has 0 atom stereocenters. The van der Waals surface area contributed by atoms with Crippen LogP contribution in [0.1, 0.15) is 0 Å². The Kier molecular flexibility index (Phi) is 3.16. The molecular weight excluding hydrogens is 296 g/mol. The summed E-state index contributed by atoms with van der Waals surface area (Å²) in [6.07, 6.45) is 1.66. The van der Waals surface area contributed by atoms with Gasteiger partial charge in [-0.1, -0.05) is 30.3 Å². The summed E-state index contributed by atoms with van der Waals surface area (Å²) in [5.41, 5.74) is 2.71. The van der Waals surface area contributed by atoms with E-state index in [1.54, 1.807) is 12.3 Å². The van der Waals surface area contributed by atoms with Crippen molar-refractivity contribution >= 4 is 30.8 Å². The van der Waals surface area contributed by atoms with Crippen molar-refractivity contribution in [3.05, 3.63) is 54.7 Å². The third-order valence-electron chi connectivity index (χ3n) is 2.86. The number of hydrogen-bond donors (Lipinski definition) is 0. The van der Waals surface area contributed by atoms with Gasteiger partial charge in [-0.05, 0) is 18.2 Å². The molecule has 0 radical (unpaired) electrons. The number of halogens is 1. The molecule has 0 bridgehead atoms. The molecule has 6 heteroatoms. The third kappa shape index (κ3) is 2.50. The molecule has 3 rings (SSSR count). The molecule has 3 aromatic rings. The second-order valence-corrected chi connectivity index (χ2v) is 6.78. The van der Waals surface area contributed by atoms with E-state index in [2.05, 4.69) is 9.97 Å². The molecule has 0 amide bonds. The highest BCUT2D eigenvalue weighted by Crippen LogP contribution is 2.22. The van der Waals surface area contributed by atoms with E-state index in [9.17, 15) is 8.42 Å². The molecule has 0 N–H and O–H groups in total. The van der Waals surface area contributed by atoms with Crippen molar-refractivity contribution in [2.75, 3.05) is 0 Å². The summed E-state index contributed by atoms with van der Waals surface area (Å²) in [5.74, 6) is 0. The third-order valence-corrected chi connectivity index (χ3v) is 4.22. The van der Waals surface area contributed by atoms with Crippen LogP contribution in [0, 0.1) is 0 Å². The molecule has 0 fully saturated rings. The summed E-state index contributed by atoms with van der Waals surface area (Å²) in [6, 6.07) is 14.0. The van der Waals surface area contributed by atoms with E-state index in [1.165, 1.54) is 12.1 Å². The van der Waals surface area contributed by atoms with Crippen LogP contribution in [-0.4, -0.2) is 18.4 Å². The predicted octanol–water partition coefficient (Wildman–Crippen LogP) is 3.22. The fraction of sp³-hybridized carbons (Fsp3) is 0. The first-order valence-electron chi connectivity index (χ1n) is 5.81. The first kappa shape index (κ1) is 13.0. The normalized spacial score (nSPS) is 11.7. The zero-order valence-corrected chi connectivity index (χ0v) is 11.8. The molecule has 0 aliphatic rings. The van der Waals surface area contributed by atoms with E-state index >= 15 is 0 Å². The number of nitrogens with zero attached hydrogens (tertiary/aromatic N) is 2. The minimum absolute atomic E-state index is 0.0196. The minimum Gasteiger partial charge on any atom is -0.252 e. The summed E-state index contributed by atoms with van der Waals surface area (Å²) in [4.78, 5) is 8.73. The smallest absolute Gasteiger partial charge is 0.252 e. The number of fused-ring (bicyclic) bond motifs is 1. The fourth-order valence-electron chi connectivity index (χ4n) is 1.89. The molecule has 0 aliphatic heterocycles. The fourth-order valence-corrected chi connectivity index (χ4v) is 2.66. The standard InChI is InChI=1S/C14H9ClN2O2S/c15-20(18,19)11-6-7-12-13(8-11)17-14(9-16-12)10-4-2-1-3-5-10/h1-9H. The maximum absolute atomic E-state index is 11.3. The van der Waals surface area contributed by atoms with E-state index in [1.807, 2.05) is 30.3 Å². The van der Waals surface area contributed by atoms with E-state index in [-0.39, 0.29) is 4.90 Å². The first-order valence-corrected chi connectivity index (χ1v) is 8.12. The van der Waals surface area contributed by atoms with E-state index in [0.717, 1.165) is 5.56 Å². The highest BCUT2D eigenvalue weighted by atomic mass is 35.7. The van der Waals surface area contributed by atoms with E-state index in [4.69, 9.17) is 10.7 Å². The number of benzene rings is 2. The summed E-state index contributed by atoms with van der Waals surface area (Å²) >= 11 is 0. The van der Waals surface area contributed by atoms with E-state index < -0.39 is 9.05 Å². The summed E-state index contributed by atoms with van der Waals surface area (Å²) in [7, 11) is 1.57. The molecular formula is C14H9ClN2O2S. The lowest BCUT2D eigenvalue weighted by molar-refractivity contribution is 0.609. The quantitative estimate of drug-likeness (QED) is 0.682. The van der Waals surface area contributed by atoms with Gasteiger partial charge >= 0.3 is 0 Å². The summed E-state index contributed by atoms with van der Waals surface area (Å²) < 4.78 is 22.7. The van der Waals surface area contributed by atoms with Crippen LogP contribution in [0.25, 0.3) is 22.3 Å². The molecule has 100 valence electrons. The lowest BCUT2D eigenvalue weighted by Gasteiger charge is -2.03. The lowest BCUT2D eigenvalue weighted by atomic mass is 10.1. The van der Waals surface area contributed by atoms with Gasteiger partial charge in [0.2, 0.25) is 0 Å². The van der Waals surface area contributed by atoms with Crippen molar-refractivity contribution < 1.29 is 8.42 Å². The molecule has 1 aromatic heterocycles. The Labute approximate surface area is 120 Å². The Balaban J connectivity index is 2.19. The van der Waals surface area contributed by atoms with Crippen molar-refractivity contribution in [2.24, 2.45) is 0 Å². The Morgan fingerprint density at radius 2 is 1.70 bits per heavy atom. The maximum Gasteiger partial charge on any atom is 0.261 e. The van der Waals surface area contributed by atoms with Gasteiger partial charge in [0, 0.05) is 16.2 Å². The van der Waals surface area contributed by atoms with Crippen LogP contribution in [0.3, 0.4) is 0 Å². The van der Waals surface area contributed by atoms with Crippen molar-refractivity contribution in [3.8, 4) is 11.3 Å². The van der Waals surface area contributed by atoms with Crippen molar-refractivity contribution in [1.29, 1.82) is 0 Å². The molecule has 0 saturated heterocycles. The molecule has 0 unspecified atom stereocenters. The average Bonchev–Trinajstić information content (AvgIpc) is 2.46. The first-order chi connectivity index (χ1) is 9.54. The number of hydrogen-bond acceptors (Lipinski definition) is 4. The Morgan fingerprint density at radius 1 is 0.950 bits per heavy atom. The molecule has 2 aromatic carbocycles. The zero-order valence-electron chi connectivity index (χ0n) is 10.2. The van der Waals surface area contributed by atoms with Gasteiger partial charge in [0.15, 0.2) is 0 Å². The van der Waals surface area contributed by atoms with Crippen LogP contribution in [0.5, 0.6) is 0 Å². The van der Waals surface area contributed by atoms with E-state index in [0.29, 0.717) is 16.7 Å². The van der Waals surface area contributed by atoms with Crippen LogP contribution < -0.4 is 0 Å². The Hall–Kier alpha value is -1.98. The molecule has 1 heterocycles. The molecule has 0 spiro atoms. The van der Waals surface area contributed by atoms with Crippen LogP contribution in [0.4, 0.5) is 0 Å². The molecule has 4 nitrogen and oxygen atoms in total. The molecule has 0 saturated carbocycles. The highest BCUT2D eigenvalue weighted by Gasteiger charge is 2.11. The Morgan fingerprint density at radius 3 is 2.40 bits per heavy atom. The van der Waals surface area contributed by atoms with Crippen molar-refractivity contribution in [3.63, 3.8) is 0 Å². The lowest BCUT2D eigenvalue weighted by Crippen LogP contribution is -1.93. The SMILES string of the molecule is O=S(=O)(Cl)c1ccc2ncc(-c3ccccc3)nc2c1. The summed E-state index contributed by atoms with van der Waals surface area (Å²) in [5, 5.41) is 0. The second kappa shape index (κ2) is 4.85. The van der Waals surface area contributed by atoms with Gasteiger partial charge in [-0.2, -0.15) is 0 Å². The van der Waals surface area contributed by atoms with Crippen LogP contribution in [-0.2, 0) is 9.05 Å². The summed E-state index contributed by atoms with van der Waals surface area (Å²) in [6.45, 7) is 0. The van der Waals surface area contributed by atoms with Gasteiger partial charge in [-0.15, -0.1) is 0 Å². The van der Waals surface area contributed by atoms with Gasteiger partial charge in [-0.3, -0.25) is 4.98 Å². The highest BCUT2D eigenvalue weighted by molar-refractivity contribution is 8.13. The topological polar surface area (TPSA) is 59.9 Å². The minimum atomic E-state index is -3.77. The largest absolute Gasteiger partial charge is 0.261 e. The van der Waals surface area contributed by atoms with Gasteiger partial charge in [0.05, 0.1) is 27.8 Å². The van der Waals surface area contributed by atoms with Gasteiger partial charge < -0.3 is 0 Å². The number of aromatic nitrogens is 2. The van der Waals surface area contributed by atoms with Crippen LogP contribution in [0.2, 0.25) is 0 Å². The van der Waals surface area contributed by atoms with Crippen LogP contribution >= 0.6 is 10.7 Å². The molecule has 0 aliphatic carbocycles. The van der Waals surface area contributed by atoms with Crippen molar-refractivity contribution in [1.82, 2.24) is 9.97 Å². The van der Waals surface area contributed by atoms with Gasteiger partial charge in [0.1, 0.15) is 0 Å². The second-order valence-electron chi connectivity index (χ2n) is 4.21. The average molecular weight is 305 g/mol. The Bertz CT molecular complexity index is 880. The predicted molar refractivity (Wildman–Crippen MR) is 78.0 cm³/mol. The van der Waals surface area contributed by atoms with Crippen molar-refractivity contribution in [2.45, 2.75) is 4.90 Å². The zero-order chi connectivity index (χ0) is 14.2.